The molecule has 0 spiro atoms. The molecule has 2 heterocycles. The van der Waals surface area contributed by atoms with Crippen LogP contribution in [-0.2, 0) is 11.2 Å². The molecule has 3 aromatic rings. The quantitative estimate of drug-likeness (QED) is 0.589. The van der Waals surface area contributed by atoms with E-state index in [1.807, 2.05) is 66.4 Å². The number of piperazine rings is 1. The highest BCUT2D eigenvalue weighted by atomic mass is 16.5. The second-order valence-electron chi connectivity index (χ2n) is 7.99. The van der Waals surface area contributed by atoms with E-state index >= 15 is 0 Å². The lowest BCUT2D eigenvalue weighted by Gasteiger charge is -2.40. The number of para-hydroxylation sites is 1. The Hall–Kier alpha value is -3.61. The lowest BCUT2D eigenvalue weighted by Crippen LogP contribution is -2.54. The molecule has 1 amide bonds. The molecular formula is C25H28N4O3. The van der Waals surface area contributed by atoms with Crippen LogP contribution in [0, 0.1) is 6.92 Å². The molecular weight excluding hydrogens is 404 g/mol. The van der Waals surface area contributed by atoms with Crippen LogP contribution in [0.25, 0.3) is 0 Å². The number of rotatable bonds is 6. The van der Waals surface area contributed by atoms with Crippen LogP contribution in [0.3, 0.4) is 0 Å². The van der Waals surface area contributed by atoms with Crippen molar-refractivity contribution in [2.75, 3.05) is 31.6 Å². The average molecular weight is 433 g/mol. The Kier molecular flexibility index (Phi) is 6.54. The summed E-state index contributed by atoms with van der Waals surface area (Å²) in [6.45, 7) is 6.13. The van der Waals surface area contributed by atoms with Gasteiger partial charge in [-0.15, -0.1) is 0 Å². The Morgan fingerprint density at radius 2 is 1.88 bits per heavy atom. The highest BCUT2D eigenvalue weighted by molar-refractivity contribution is 5.79. The molecule has 166 valence electrons. The maximum atomic E-state index is 12.9. The van der Waals surface area contributed by atoms with Crippen LogP contribution in [0.1, 0.15) is 18.1 Å². The monoisotopic (exact) mass is 432 g/mol. The molecule has 1 aliphatic rings. The number of hydrogen-bond acceptors (Lipinski definition) is 6. The number of nitrogens with zero attached hydrogens (tertiary/aromatic N) is 4. The third-order valence-electron chi connectivity index (χ3n) is 5.72. The summed E-state index contributed by atoms with van der Waals surface area (Å²) in [5.74, 6) is 3.01. The van der Waals surface area contributed by atoms with Crippen molar-refractivity contribution >= 4 is 11.7 Å². The standard InChI is InChI=1S/C25H28N4O3/c1-18-6-4-5-7-22(18)32-24-15-23(26-17-27-24)28-12-13-29(19(2)16-28)25(30)14-20-8-10-21(31-3)11-9-20/h4-11,15,17,19H,12-14,16H2,1-3H3. The zero-order valence-electron chi connectivity index (χ0n) is 18.7. The topological polar surface area (TPSA) is 67.8 Å². The first-order valence-electron chi connectivity index (χ1n) is 10.8. The van der Waals surface area contributed by atoms with Crippen LogP contribution in [0.4, 0.5) is 5.82 Å². The Balaban J connectivity index is 1.38. The van der Waals surface area contributed by atoms with Gasteiger partial charge in [0.05, 0.1) is 13.5 Å². The number of anilines is 1. The Morgan fingerprint density at radius 1 is 1.09 bits per heavy atom. The second kappa shape index (κ2) is 9.68. The van der Waals surface area contributed by atoms with E-state index in [0.29, 0.717) is 31.9 Å². The maximum absolute atomic E-state index is 12.9. The van der Waals surface area contributed by atoms with Crippen molar-refractivity contribution < 1.29 is 14.3 Å². The maximum Gasteiger partial charge on any atom is 0.227 e. The molecule has 4 rings (SSSR count). The third kappa shape index (κ3) is 4.99. The van der Waals surface area contributed by atoms with Crippen molar-refractivity contribution in [3.63, 3.8) is 0 Å². The van der Waals surface area contributed by atoms with Gasteiger partial charge in [0.1, 0.15) is 23.6 Å². The van der Waals surface area contributed by atoms with Gasteiger partial charge in [-0.05, 0) is 43.2 Å². The molecule has 0 radical (unpaired) electrons. The van der Waals surface area contributed by atoms with Gasteiger partial charge in [0.2, 0.25) is 11.8 Å². The van der Waals surface area contributed by atoms with Gasteiger partial charge in [-0.3, -0.25) is 4.79 Å². The first-order valence-corrected chi connectivity index (χ1v) is 10.8. The molecule has 1 atom stereocenters. The van der Waals surface area contributed by atoms with Crippen LogP contribution in [0.5, 0.6) is 17.4 Å². The summed E-state index contributed by atoms with van der Waals surface area (Å²) in [6, 6.07) is 17.4. The first-order chi connectivity index (χ1) is 15.5. The number of carbonyl (C=O) groups excluding carboxylic acids is 1. The van der Waals surface area contributed by atoms with Gasteiger partial charge in [0.15, 0.2) is 0 Å². The molecule has 1 aliphatic heterocycles. The number of ether oxygens (including phenoxy) is 2. The van der Waals surface area contributed by atoms with Crippen molar-refractivity contribution in [2.45, 2.75) is 26.3 Å². The van der Waals surface area contributed by atoms with Gasteiger partial charge < -0.3 is 19.3 Å². The number of methoxy groups -OCH3 is 1. The Bertz CT molecular complexity index is 1070. The highest BCUT2D eigenvalue weighted by Gasteiger charge is 2.28. The summed E-state index contributed by atoms with van der Waals surface area (Å²) >= 11 is 0. The smallest absolute Gasteiger partial charge is 0.227 e. The molecule has 1 aromatic heterocycles. The minimum absolute atomic E-state index is 0.0743. The van der Waals surface area contributed by atoms with E-state index in [0.717, 1.165) is 28.4 Å². The molecule has 0 saturated carbocycles. The van der Waals surface area contributed by atoms with Crippen LogP contribution in [0.2, 0.25) is 0 Å². The van der Waals surface area contributed by atoms with E-state index in [1.54, 1.807) is 7.11 Å². The van der Waals surface area contributed by atoms with Gasteiger partial charge in [0, 0.05) is 31.7 Å². The second-order valence-corrected chi connectivity index (χ2v) is 7.99. The summed E-state index contributed by atoms with van der Waals surface area (Å²) in [6.07, 6.45) is 1.91. The fraction of sp³-hybridized carbons (Fsp3) is 0.320. The predicted octanol–water partition coefficient (Wildman–Crippen LogP) is 3.87. The van der Waals surface area contributed by atoms with E-state index in [-0.39, 0.29) is 11.9 Å². The molecule has 1 saturated heterocycles. The van der Waals surface area contributed by atoms with Gasteiger partial charge in [0.25, 0.3) is 0 Å². The summed E-state index contributed by atoms with van der Waals surface area (Å²) in [4.78, 5) is 25.7. The average Bonchev–Trinajstić information content (AvgIpc) is 2.81. The number of carbonyl (C=O) groups is 1. The third-order valence-corrected chi connectivity index (χ3v) is 5.72. The molecule has 0 bridgehead atoms. The lowest BCUT2D eigenvalue weighted by atomic mass is 10.1. The summed E-state index contributed by atoms with van der Waals surface area (Å²) in [5.41, 5.74) is 2.03. The fourth-order valence-corrected chi connectivity index (χ4v) is 3.90. The Morgan fingerprint density at radius 3 is 2.59 bits per heavy atom. The number of aromatic nitrogens is 2. The van der Waals surface area contributed by atoms with Crippen molar-refractivity contribution in [3.05, 3.63) is 72.1 Å². The molecule has 1 fully saturated rings. The van der Waals surface area contributed by atoms with Crippen LogP contribution >= 0.6 is 0 Å². The fourth-order valence-electron chi connectivity index (χ4n) is 3.90. The van der Waals surface area contributed by atoms with Gasteiger partial charge in [-0.1, -0.05) is 30.3 Å². The first kappa shape index (κ1) is 21.6. The largest absolute Gasteiger partial charge is 0.497 e. The molecule has 1 unspecified atom stereocenters. The van der Waals surface area contributed by atoms with Crippen molar-refractivity contribution in [3.8, 4) is 17.4 Å². The van der Waals surface area contributed by atoms with Crippen molar-refractivity contribution in [1.82, 2.24) is 14.9 Å². The van der Waals surface area contributed by atoms with E-state index < -0.39 is 0 Å². The van der Waals surface area contributed by atoms with Gasteiger partial charge in [-0.25, -0.2) is 9.97 Å². The molecule has 32 heavy (non-hydrogen) atoms. The van der Waals surface area contributed by atoms with E-state index in [4.69, 9.17) is 9.47 Å². The SMILES string of the molecule is COc1ccc(CC(=O)N2CCN(c3cc(Oc4ccccc4C)ncn3)CC2C)cc1. The minimum Gasteiger partial charge on any atom is -0.497 e. The number of amides is 1. The van der Waals surface area contributed by atoms with Gasteiger partial charge in [-0.2, -0.15) is 0 Å². The van der Waals surface area contributed by atoms with E-state index in [9.17, 15) is 4.79 Å². The van der Waals surface area contributed by atoms with Gasteiger partial charge >= 0.3 is 0 Å². The van der Waals surface area contributed by atoms with Crippen LogP contribution in [-0.4, -0.2) is 53.6 Å². The molecule has 2 aromatic carbocycles. The molecule has 7 heteroatoms. The molecule has 7 nitrogen and oxygen atoms in total. The molecule has 0 aliphatic carbocycles. The van der Waals surface area contributed by atoms with E-state index in [2.05, 4.69) is 21.8 Å². The van der Waals surface area contributed by atoms with Crippen molar-refractivity contribution in [2.24, 2.45) is 0 Å². The summed E-state index contributed by atoms with van der Waals surface area (Å²) in [7, 11) is 1.64. The minimum atomic E-state index is 0.0743. The number of hydrogen-bond donors (Lipinski definition) is 0. The number of aryl methyl sites for hydroxylation is 1. The zero-order chi connectivity index (χ0) is 22.5. The van der Waals surface area contributed by atoms with Crippen LogP contribution < -0.4 is 14.4 Å². The van der Waals surface area contributed by atoms with Crippen molar-refractivity contribution in [1.29, 1.82) is 0 Å². The summed E-state index contributed by atoms with van der Waals surface area (Å²) in [5, 5.41) is 0. The number of benzene rings is 2. The summed E-state index contributed by atoms with van der Waals surface area (Å²) < 4.78 is 11.1. The predicted molar refractivity (Wildman–Crippen MR) is 123 cm³/mol. The van der Waals surface area contributed by atoms with Crippen LogP contribution in [0.15, 0.2) is 60.9 Å². The normalized spacial score (nSPS) is 16.0. The Labute approximate surface area is 188 Å². The highest BCUT2D eigenvalue weighted by Crippen LogP contribution is 2.26. The molecule has 0 N–H and O–H groups in total. The zero-order valence-corrected chi connectivity index (χ0v) is 18.7. The van der Waals surface area contributed by atoms with E-state index in [1.165, 1.54) is 6.33 Å². The lowest BCUT2D eigenvalue weighted by molar-refractivity contribution is -0.132.